The van der Waals surface area contributed by atoms with Crippen molar-refractivity contribution in [3.63, 3.8) is 0 Å². The van der Waals surface area contributed by atoms with E-state index < -0.39 is 5.97 Å². The van der Waals surface area contributed by atoms with Gasteiger partial charge in [0, 0.05) is 7.05 Å². The van der Waals surface area contributed by atoms with Gasteiger partial charge < -0.3 is 9.47 Å². The smallest absolute Gasteiger partial charge is 0.339 e. The third-order valence-corrected chi connectivity index (χ3v) is 5.42. The first-order chi connectivity index (χ1) is 14.6. The molecular weight excluding hydrogens is 400 g/mol. The minimum atomic E-state index is -0.445. The van der Waals surface area contributed by atoms with Crippen LogP contribution in [0.15, 0.2) is 47.8 Å². The number of carbonyl (C=O) groups excluding carboxylic acids is 1. The van der Waals surface area contributed by atoms with E-state index in [0.717, 1.165) is 10.6 Å². The van der Waals surface area contributed by atoms with E-state index in [4.69, 9.17) is 14.7 Å². The molecule has 0 fully saturated rings. The summed E-state index contributed by atoms with van der Waals surface area (Å²) in [5.74, 6) is 0.166. The first-order valence-corrected chi connectivity index (χ1v) is 10.1. The summed E-state index contributed by atoms with van der Waals surface area (Å²) >= 11 is 1.55. The number of esters is 1. The van der Waals surface area contributed by atoms with E-state index in [1.165, 1.54) is 0 Å². The summed E-state index contributed by atoms with van der Waals surface area (Å²) in [7, 11) is 1.81. The number of aromatic nitrogens is 3. The fourth-order valence-electron chi connectivity index (χ4n) is 3.15. The highest BCUT2D eigenvalue weighted by atomic mass is 32.1. The van der Waals surface area contributed by atoms with Crippen LogP contribution in [0.25, 0.3) is 21.6 Å². The lowest BCUT2D eigenvalue weighted by molar-refractivity contribution is 0.0452. The topological polar surface area (TPSA) is 90.0 Å². The summed E-state index contributed by atoms with van der Waals surface area (Å²) < 4.78 is 12.7. The van der Waals surface area contributed by atoms with Crippen molar-refractivity contribution >= 4 is 28.3 Å². The molecule has 0 aliphatic rings. The average molecular weight is 418 g/mol. The Hall–Kier alpha value is -3.70. The SMILES string of the molecule is Cc1nn(C)c2nc(-c3cccs3)cc(C(=O)OCCOc3ccc(C#N)cc3)c12. The van der Waals surface area contributed by atoms with E-state index in [1.807, 2.05) is 24.4 Å². The standard InChI is InChI=1S/C22H18N4O3S/c1-14-20-17(12-18(19-4-3-11-30-19)24-21(20)26(2)25-14)22(27)29-10-9-28-16-7-5-15(13-23)6-8-16/h3-8,11-12H,9-10H2,1-2H3. The number of hydrogen-bond donors (Lipinski definition) is 0. The van der Waals surface area contributed by atoms with Crippen LogP contribution in [0.3, 0.4) is 0 Å². The van der Waals surface area contributed by atoms with Gasteiger partial charge in [0.1, 0.15) is 19.0 Å². The van der Waals surface area contributed by atoms with Crippen molar-refractivity contribution in [3.8, 4) is 22.4 Å². The van der Waals surface area contributed by atoms with Gasteiger partial charge in [0.25, 0.3) is 0 Å². The number of nitrogens with zero attached hydrogens (tertiary/aromatic N) is 4. The van der Waals surface area contributed by atoms with E-state index >= 15 is 0 Å². The van der Waals surface area contributed by atoms with Gasteiger partial charge in [-0.25, -0.2) is 9.78 Å². The number of hydrogen-bond acceptors (Lipinski definition) is 7. The second-order valence-electron chi connectivity index (χ2n) is 6.56. The van der Waals surface area contributed by atoms with E-state index in [9.17, 15) is 4.79 Å². The Morgan fingerprint density at radius 3 is 2.73 bits per heavy atom. The minimum Gasteiger partial charge on any atom is -0.490 e. The van der Waals surface area contributed by atoms with Gasteiger partial charge in [0.05, 0.1) is 38.8 Å². The van der Waals surface area contributed by atoms with Crippen LogP contribution < -0.4 is 4.74 Å². The van der Waals surface area contributed by atoms with Gasteiger partial charge in [0.15, 0.2) is 5.65 Å². The van der Waals surface area contributed by atoms with Gasteiger partial charge in [-0.05, 0) is 48.7 Å². The molecule has 3 aromatic heterocycles. The largest absolute Gasteiger partial charge is 0.490 e. The molecule has 8 heteroatoms. The molecule has 4 rings (SSSR count). The fraction of sp³-hybridized carbons (Fsp3) is 0.182. The maximum absolute atomic E-state index is 12.9. The van der Waals surface area contributed by atoms with E-state index in [1.54, 1.807) is 53.4 Å². The van der Waals surface area contributed by atoms with Crippen molar-refractivity contribution in [1.29, 1.82) is 5.26 Å². The number of fused-ring (bicyclic) bond motifs is 1. The summed E-state index contributed by atoms with van der Waals surface area (Å²) in [4.78, 5) is 18.5. The lowest BCUT2D eigenvalue weighted by atomic mass is 10.1. The van der Waals surface area contributed by atoms with Gasteiger partial charge >= 0.3 is 5.97 Å². The fourth-order valence-corrected chi connectivity index (χ4v) is 3.84. The van der Waals surface area contributed by atoms with E-state index in [2.05, 4.69) is 16.2 Å². The van der Waals surface area contributed by atoms with Crippen LogP contribution in [0, 0.1) is 18.3 Å². The molecule has 0 aliphatic carbocycles. The van der Waals surface area contributed by atoms with Crippen LogP contribution in [0.4, 0.5) is 0 Å². The molecular formula is C22H18N4O3S. The third-order valence-electron chi connectivity index (χ3n) is 4.53. The first kappa shape index (κ1) is 19.6. The number of ether oxygens (including phenoxy) is 2. The van der Waals surface area contributed by atoms with Crippen LogP contribution in [-0.4, -0.2) is 33.9 Å². The molecule has 0 unspecified atom stereocenters. The number of thiophene rings is 1. The Morgan fingerprint density at radius 2 is 2.03 bits per heavy atom. The minimum absolute atomic E-state index is 0.0935. The predicted octanol–water partition coefficient (Wildman–Crippen LogP) is 4.11. The Bertz CT molecular complexity index is 1240. The van der Waals surface area contributed by atoms with E-state index in [0.29, 0.717) is 33.6 Å². The quantitative estimate of drug-likeness (QED) is 0.346. The number of benzene rings is 1. The number of aryl methyl sites for hydroxylation is 2. The van der Waals surface area contributed by atoms with Crippen molar-refractivity contribution in [2.24, 2.45) is 7.05 Å². The Labute approximate surface area is 177 Å². The average Bonchev–Trinajstić information content (AvgIpc) is 3.39. The molecule has 0 bridgehead atoms. The summed E-state index contributed by atoms with van der Waals surface area (Å²) in [6.45, 7) is 2.14. The Morgan fingerprint density at radius 1 is 1.23 bits per heavy atom. The molecule has 0 atom stereocenters. The van der Waals surface area contributed by atoms with Crippen molar-refractivity contribution < 1.29 is 14.3 Å². The molecule has 3 heterocycles. The van der Waals surface area contributed by atoms with Crippen molar-refractivity contribution in [2.75, 3.05) is 13.2 Å². The molecule has 7 nitrogen and oxygen atoms in total. The summed E-state index contributed by atoms with van der Waals surface area (Å²) in [6, 6.07) is 14.5. The molecule has 0 spiro atoms. The highest BCUT2D eigenvalue weighted by Gasteiger charge is 2.20. The maximum Gasteiger partial charge on any atom is 0.339 e. The third kappa shape index (κ3) is 3.88. The van der Waals surface area contributed by atoms with Crippen LogP contribution >= 0.6 is 11.3 Å². The second-order valence-corrected chi connectivity index (χ2v) is 7.51. The zero-order valence-corrected chi connectivity index (χ0v) is 17.3. The highest BCUT2D eigenvalue weighted by molar-refractivity contribution is 7.13. The maximum atomic E-state index is 12.9. The highest BCUT2D eigenvalue weighted by Crippen LogP contribution is 2.29. The zero-order chi connectivity index (χ0) is 21.1. The van der Waals surface area contributed by atoms with Gasteiger partial charge in [-0.1, -0.05) is 6.07 Å². The monoisotopic (exact) mass is 418 g/mol. The van der Waals surface area contributed by atoms with Gasteiger partial charge in [-0.3, -0.25) is 4.68 Å². The second kappa shape index (κ2) is 8.35. The predicted molar refractivity (Wildman–Crippen MR) is 113 cm³/mol. The van der Waals surface area contributed by atoms with Crippen LogP contribution in [-0.2, 0) is 11.8 Å². The molecule has 0 saturated heterocycles. The first-order valence-electron chi connectivity index (χ1n) is 9.25. The number of rotatable bonds is 6. The Kier molecular flexibility index (Phi) is 5.46. The van der Waals surface area contributed by atoms with Crippen molar-refractivity contribution in [3.05, 3.63) is 64.7 Å². The lowest BCUT2D eigenvalue weighted by Crippen LogP contribution is -2.13. The number of pyridine rings is 1. The summed E-state index contributed by atoms with van der Waals surface area (Å²) in [6.07, 6.45) is 0. The molecule has 0 N–H and O–H groups in total. The summed E-state index contributed by atoms with van der Waals surface area (Å²) in [5, 5.41) is 15.9. The molecule has 1 aromatic carbocycles. The van der Waals surface area contributed by atoms with Crippen LogP contribution in [0.1, 0.15) is 21.6 Å². The van der Waals surface area contributed by atoms with Crippen LogP contribution in [0.5, 0.6) is 5.75 Å². The number of carbonyl (C=O) groups is 1. The molecule has 0 aliphatic heterocycles. The normalized spacial score (nSPS) is 10.7. The van der Waals surface area contributed by atoms with Crippen molar-refractivity contribution in [2.45, 2.75) is 6.92 Å². The molecule has 150 valence electrons. The van der Waals surface area contributed by atoms with Crippen LogP contribution in [0.2, 0.25) is 0 Å². The molecule has 0 radical (unpaired) electrons. The number of nitriles is 1. The summed E-state index contributed by atoms with van der Waals surface area (Å²) in [5.41, 5.74) is 3.07. The van der Waals surface area contributed by atoms with Crippen molar-refractivity contribution in [1.82, 2.24) is 14.8 Å². The van der Waals surface area contributed by atoms with Gasteiger partial charge in [0.2, 0.25) is 0 Å². The van der Waals surface area contributed by atoms with Gasteiger partial charge in [-0.2, -0.15) is 10.4 Å². The molecule has 0 saturated carbocycles. The van der Waals surface area contributed by atoms with E-state index in [-0.39, 0.29) is 13.2 Å². The molecule has 0 amide bonds. The zero-order valence-electron chi connectivity index (χ0n) is 16.5. The van der Waals surface area contributed by atoms with Gasteiger partial charge in [-0.15, -0.1) is 11.3 Å². The molecule has 4 aromatic rings. The molecule has 30 heavy (non-hydrogen) atoms. The lowest BCUT2D eigenvalue weighted by Gasteiger charge is -2.09. The Balaban J connectivity index is 1.51.